The van der Waals surface area contributed by atoms with Crippen molar-refractivity contribution in [3.8, 4) is 5.69 Å². The molecule has 0 aliphatic heterocycles. The van der Waals surface area contributed by atoms with Gasteiger partial charge >= 0.3 is 0 Å². The molecule has 28 heavy (non-hydrogen) atoms. The Hall–Kier alpha value is -3.52. The predicted octanol–water partition coefficient (Wildman–Crippen LogP) is 6.39. The first kappa shape index (κ1) is 16.6. The van der Waals surface area contributed by atoms with Crippen LogP contribution in [0.5, 0.6) is 0 Å². The van der Waals surface area contributed by atoms with E-state index >= 15 is 0 Å². The Bertz CT molecular complexity index is 1430. The average Bonchev–Trinajstić information content (AvgIpc) is 3.26. The summed E-state index contributed by atoms with van der Waals surface area (Å²) < 4.78 is 4.50. The van der Waals surface area contributed by atoms with Crippen molar-refractivity contribution in [2.45, 2.75) is 13.8 Å². The Morgan fingerprint density at radius 1 is 0.893 bits per heavy atom. The second-order valence-corrected chi connectivity index (χ2v) is 7.11. The summed E-state index contributed by atoms with van der Waals surface area (Å²) in [6.45, 7) is 8.53. The van der Waals surface area contributed by atoms with Gasteiger partial charge in [0.2, 0.25) is 0 Å². The zero-order valence-corrected chi connectivity index (χ0v) is 16.2. The third-order valence-electron chi connectivity index (χ3n) is 5.48. The highest BCUT2D eigenvalue weighted by Gasteiger charge is 2.17. The molecular weight excluding hydrogens is 340 g/mol. The van der Waals surface area contributed by atoms with Gasteiger partial charge in [0.1, 0.15) is 0 Å². The van der Waals surface area contributed by atoms with E-state index in [1.807, 2.05) is 6.92 Å². The SMILES string of the molecule is C=c1c2c(/C=C\C)ccc3c2c(cc2ccn(-c4ccccc4)c23)n1/C=C/C. The van der Waals surface area contributed by atoms with Gasteiger partial charge in [-0.3, -0.25) is 0 Å². The van der Waals surface area contributed by atoms with Crippen LogP contribution in [0.15, 0.2) is 72.9 Å². The Morgan fingerprint density at radius 2 is 1.71 bits per heavy atom. The number of fused-ring (bicyclic) bond motifs is 2. The van der Waals surface area contributed by atoms with E-state index in [0.717, 1.165) is 5.35 Å². The lowest BCUT2D eigenvalue weighted by Crippen LogP contribution is -2.09. The van der Waals surface area contributed by atoms with Crippen LogP contribution in [0.1, 0.15) is 19.4 Å². The molecule has 0 radical (unpaired) electrons. The normalized spacial score (nSPS) is 12.5. The predicted molar refractivity (Wildman–Crippen MR) is 123 cm³/mol. The van der Waals surface area contributed by atoms with E-state index in [-0.39, 0.29) is 0 Å². The Morgan fingerprint density at radius 3 is 2.46 bits per heavy atom. The van der Waals surface area contributed by atoms with Crippen molar-refractivity contribution in [1.29, 1.82) is 0 Å². The fraction of sp³-hybridized carbons (Fsp3) is 0.0769. The molecule has 3 aromatic carbocycles. The molecule has 0 bridgehead atoms. The second-order valence-electron chi connectivity index (χ2n) is 7.11. The molecule has 0 N–H and O–H groups in total. The molecule has 2 heteroatoms. The lowest BCUT2D eigenvalue weighted by molar-refractivity contribution is 1.13. The van der Waals surface area contributed by atoms with Gasteiger partial charge in [0.15, 0.2) is 0 Å². The van der Waals surface area contributed by atoms with Gasteiger partial charge in [0, 0.05) is 45.0 Å². The summed E-state index contributed by atoms with van der Waals surface area (Å²) in [7, 11) is 0. The topological polar surface area (TPSA) is 9.86 Å². The van der Waals surface area contributed by atoms with Crippen molar-refractivity contribution in [2.24, 2.45) is 0 Å². The van der Waals surface area contributed by atoms with E-state index in [2.05, 4.69) is 108 Å². The first-order valence-corrected chi connectivity index (χ1v) is 9.65. The number of hydrogen-bond donors (Lipinski definition) is 0. The molecule has 0 saturated heterocycles. The lowest BCUT2D eigenvalue weighted by Gasteiger charge is -2.10. The highest BCUT2D eigenvalue weighted by molar-refractivity contribution is 6.22. The van der Waals surface area contributed by atoms with Gasteiger partial charge in [0.25, 0.3) is 0 Å². The molecule has 0 fully saturated rings. The van der Waals surface area contributed by atoms with Crippen LogP contribution < -0.4 is 5.35 Å². The van der Waals surface area contributed by atoms with Gasteiger partial charge in [-0.15, -0.1) is 0 Å². The average molecular weight is 362 g/mol. The van der Waals surface area contributed by atoms with Crippen LogP contribution >= 0.6 is 0 Å². The lowest BCUT2D eigenvalue weighted by atomic mass is 10.00. The summed E-state index contributed by atoms with van der Waals surface area (Å²) in [6, 6.07) is 19.5. The smallest absolute Gasteiger partial charge is 0.0608 e. The molecule has 2 nitrogen and oxygen atoms in total. The molecule has 0 aliphatic rings. The zero-order chi connectivity index (χ0) is 19.3. The van der Waals surface area contributed by atoms with Gasteiger partial charge in [-0.05, 0) is 43.7 Å². The molecule has 0 atom stereocenters. The number of allylic oxidation sites excluding steroid dienone is 2. The molecule has 2 aromatic heterocycles. The summed E-state index contributed by atoms with van der Waals surface area (Å²) >= 11 is 0. The van der Waals surface area contributed by atoms with Gasteiger partial charge in [0.05, 0.1) is 11.0 Å². The van der Waals surface area contributed by atoms with E-state index in [1.54, 1.807) is 0 Å². The van der Waals surface area contributed by atoms with Crippen LogP contribution in [0.25, 0.3) is 57.1 Å². The molecule has 0 amide bonds. The Balaban J connectivity index is 2.02. The number of rotatable bonds is 3. The molecule has 0 aliphatic carbocycles. The third-order valence-corrected chi connectivity index (χ3v) is 5.48. The fourth-order valence-corrected chi connectivity index (χ4v) is 4.36. The van der Waals surface area contributed by atoms with Gasteiger partial charge in [-0.25, -0.2) is 0 Å². The van der Waals surface area contributed by atoms with E-state index in [9.17, 15) is 0 Å². The van der Waals surface area contributed by atoms with Crippen LogP contribution in [0.3, 0.4) is 0 Å². The van der Waals surface area contributed by atoms with Crippen LogP contribution in [0, 0.1) is 0 Å². The number of para-hydroxylation sites is 1. The summed E-state index contributed by atoms with van der Waals surface area (Å²) in [5, 5.41) is 6.04. The van der Waals surface area contributed by atoms with Crippen LogP contribution in [0.4, 0.5) is 0 Å². The first-order chi connectivity index (χ1) is 13.7. The van der Waals surface area contributed by atoms with Crippen molar-refractivity contribution in [1.82, 2.24) is 9.13 Å². The van der Waals surface area contributed by atoms with Gasteiger partial charge in [-0.2, -0.15) is 0 Å². The molecule has 5 aromatic rings. The maximum Gasteiger partial charge on any atom is 0.0608 e. The summed E-state index contributed by atoms with van der Waals surface area (Å²) in [5.74, 6) is 0. The minimum absolute atomic E-state index is 1.03. The summed E-state index contributed by atoms with van der Waals surface area (Å²) in [4.78, 5) is 0. The van der Waals surface area contributed by atoms with Crippen molar-refractivity contribution in [3.63, 3.8) is 0 Å². The summed E-state index contributed by atoms with van der Waals surface area (Å²) in [5.41, 5.74) is 4.84. The van der Waals surface area contributed by atoms with Gasteiger partial charge in [-0.1, -0.05) is 55.1 Å². The maximum absolute atomic E-state index is 4.43. The fourth-order valence-electron chi connectivity index (χ4n) is 4.36. The van der Waals surface area contributed by atoms with E-state index < -0.39 is 0 Å². The largest absolute Gasteiger partial charge is 0.317 e. The van der Waals surface area contributed by atoms with Crippen molar-refractivity contribution in [3.05, 3.63) is 83.9 Å². The van der Waals surface area contributed by atoms with E-state index in [4.69, 9.17) is 0 Å². The molecule has 0 saturated carbocycles. The second kappa shape index (κ2) is 6.28. The van der Waals surface area contributed by atoms with E-state index in [1.165, 1.54) is 43.8 Å². The van der Waals surface area contributed by atoms with Crippen LogP contribution in [0.2, 0.25) is 0 Å². The molecule has 0 spiro atoms. The van der Waals surface area contributed by atoms with Crippen molar-refractivity contribution < 1.29 is 0 Å². The molecule has 2 heterocycles. The molecule has 5 rings (SSSR count). The minimum Gasteiger partial charge on any atom is -0.317 e. The monoisotopic (exact) mass is 362 g/mol. The molecule has 136 valence electrons. The quantitative estimate of drug-likeness (QED) is 0.352. The minimum atomic E-state index is 1.03. The maximum atomic E-state index is 4.43. The highest BCUT2D eigenvalue weighted by atomic mass is 15.0. The van der Waals surface area contributed by atoms with Crippen LogP contribution in [-0.4, -0.2) is 9.13 Å². The molecule has 0 unspecified atom stereocenters. The van der Waals surface area contributed by atoms with Crippen molar-refractivity contribution >= 4 is 51.4 Å². The van der Waals surface area contributed by atoms with Crippen LogP contribution in [-0.2, 0) is 0 Å². The number of hydrogen-bond acceptors (Lipinski definition) is 0. The third kappa shape index (κ3) is 2.21. The molecular formula is C26H22N2. The summed E-state index contributed by atoms with van der Waals surface area (Å²) in [6.07, 6.45) is 10.6. The number of nitrogens with zero attached hydrogens (tertiary/aromatic N) is 2. The Labute approximate surface area is 164 Å². The number of benzene rings is 3. The van der Waals surface area contributed by atoms with Gasteiger partial charge < -0.3 is 9.13 Å². The standard InChI is InChI=1S/C26H22N2/c1-4-9-19-12-13-22-25-23(27(15-5-2)18(3)24(19)25)17-20-14-16-28(26(20)22)21-10-7-6-8-11-21/h4-17H,3H2,1-2H3/b9-4-,15-5+. The highest BCUT2D eigenvalue weighted by Crippen LogP contribution is 2.36. The Kier molecular flexibility index (Phi) is 3.73. The van der Waals surface area contributed by atoms with Crippen molar-refractivity contribution in [2.75, 3.05) is 0 Å². The number of aromatic nitrogens is 2. The first-order valence-electron chi connectivity index (χ1n) is 9.65. The zero-order valence-electron chi connectivity index (χ0n) is 16.2. The van der Waals surface area contributed by atoms with E-state index in [0.29, 0.717) is 0 Å².